The number of aromatic nitrogens is 1. The number of nitrogens with one attached hydrogen (secondary N) is 1. The Morgan fingerprint density at radius 2 is 1.76 bits per heavy atom. The maximum absolute atomic E-state index is 13.4. The molecule has 2 fully saturated rings. The van der Waals surface area contributed by atoms with Gasteiger partial charge in [-0.2, -0.15) is 0 Å². The summed E-state index contributed by atoms with van der Waals surface area (Å²) >= 11 is 0. The SMILES string of the molecule is C1CO1.COc1ccnc(C(=O)NC2COC(=O)C(Cc3ccccc3)C(OC(=O)C(C)C)C(C)OC2=O)c1OCOC(C)=O. The fourth-order valence-electron chi connectivity index (χ4n) is 4.04. The molecule has 14 nitrogen and oxygen atoms in total. The van der Waals surface area contributed by atoms with Gasteiger partial charge < -0.3 is 38.5 Å². The molecule has 1 aromatic heterocycles. The number of nitrogens with zero attached hydrogens (tertiary/aromatic N) is 1. The van der Waals surface area contributed by atoms with Crippen LogP contribution in [0.15, 0.2) is 42.6 Å². The minimum absolute atomic E-state index is 0.109. The van der Waals surface area contributed by atoms with Crippen LogP contribution in [-0.4, -0.2) is 86.7 Å². The van der Waals surface area contributed by atoms with Gasteiger partial charge in [-0.1, -0.05) is 44.2 Å². The smallest absolute Gasteiger partial charge is 0.332 e. The minimum Gasteiger partial charge on any atom is -0.493 e. The highest BCUT2D eigenvalue weighted by atomic mass is 16.7. The van der Waals surface area contributed by atoms with E-state index in [1.807, 2.05) is 18.2 Å². The molecular weight excluding hydrogens is 592 g/mol. The maximum atomic E-state index is 13.4. The summed E-state index contributed by atoms with van der Waals surface area (Å²) in [5.74, 6) is -5.31. The molecule has 1 amide bonds. The molecule has 0 spiro atoms. The van der Waals surface area contributed by atoms with Gasteiger partial charge in [0.2, 0.25) is 6.79 Å². The molecule has 0 aliphatic carbocycles. The molecule has 3 heterocycles. The van der Waals surface area contributed by atoms with Gasteiger partial charge >= 0.3 is 23.9 Å². The number of carbonyl (C=O) groups is 5. The van der Waals surface area contributed by atoms with Gasteiger partial charge in [0.25, 0.3) is 5.91 Å². The Hall–Kier alpha value is -4.72. The molecule has 2 saturated heterocycles. The average Bonchev–Trinajstić information content (AvgIpc) is 3.90. The fraction of sp³-hybridized carbons (Fsp3) is 0.484. The Kier molecular flexibility index (Phi) is 13.1. The first-order valence-corrected chi connectivity index (χ1v) is 14.3. The van der Waals surface area contributed by atoms with Crippen LogP contribution in [-0.2, 0) is 49.3 Å². The van der Waals surface area contributed by atoms with Crippen LogP contribution >= 0.6 is 0 Å². The number of benzene rings is 1. The van der Waals surface area contributed by atoms with Gasteiger partial charge in [-0.3, -0.25) is 19.2 Å². The van der Waals surface area contributed by atoms with E-state index in [4.69, 9.17) is 28.4 Å². The average molecular weight is 631 g/mol. The van der Waals surface area contributed by atoms with Gasteiger partial charge in [-0.05, 0) is 18.9 Å². The lowest BCUT2D eigenvalue weighted by molar-refractivity contribution is -0.176. The molecule has 2 aromatic rings. The summed E-state index contributed by atoms with van der Waals surface area (Å²) in [7, 11) is 1.33. The minimum atomic E-state index is -1.45. The zero-order valence-electron chi connectivity index (χ0n) is 25.8. The van der Waals surface area contributed by atoms with Gasteiger partial charge in [-0.15, -0.1) is 0 Å². The number of hydrogen-bond donors (Lipinski definition) is 1. The number of pyridine rings is 1. The molecule has 0 bridgehead atoms. The Morgan fingerprint density at radius 1 is 1.07 bits per heavy atom. The fourth-order valence-corrected chi connectivity index (χ4v) is 4.04. The molecule has 2 aliphatic heterocycles. The first-order chi connectivity index (χ1) is 21.5. The van der Waals surface area contributed by atoms with Crippen molar-refractivity contribution in [3.05, 3.63) is 53.9 Å². The molecule has 14 heteroatoms. The van der Waals surface area contributed by atoms with Crippen LogP contribution in [0.1, 0.15) is 43.7 Å². The summed E-state index contributed by atoms with van der Waals surface area (Å²) in [6, 6.07) is 9.02. The number of cyclic esters (lactones) is 2. The van der Waals surface area contributed by atoms with E-state index < -0.39 is 73.3 Å². The van der Waals surface area contributed by atoms with Crippen LogP contribution in [0.5, 0.6) is 11.5 Å². The lowest BCUT2D eigenvalue weighted by Crippen LogP contribution is -2.47. The van der Waals surface area contributed by atoms with Gasteiger partial charge in [0, 0.05) is 19.2 Å². The van der Waals surface area contributed by atoms with Gasteiger partial charge in [0.1, 0.15) is 18.6 Å². The van der Waals surface area contributed by atoms with Crippen molar-refractivity contribution >= 4 is 29.8 Å². The van der Waals surface area contributed by atoms with Crippen molar-refractivity contribution in [3.8, 4) is 11.5 Å². The quantitative estimate of drug-likeness (QED) is 0.175. The second kappa shape index (κ2) is 16.9. The van der Waals surface area contributed by atoms with Crippen LogP contribution < -0.4 is 14.8 Å². The number of rotatable bonds is 10. The zero-order valence-corrected chi connectivity index (χ0v) is 25.8. The second-order valence-electron chi connectivity index (χ2n) is 10.4. The van der Waals surface area contributed by atoms with E-state index in [0.717, 1.165) is 18.8 Å². The van der Waals surface area contributed by atoms with Crippen LogP contribution in [0.4, 0.5) is 0 Å². The molecule has 0 radical (unpaired) electrons. The molecule has 1 N–H and O–H groups in total. The van der Waals surface area contributed by atoms with Crippen molar-refractivity contribution in [2.24, 2.45) is 11.8 Å². The highest BCUT2D eigenvalue weighted by Crippen LogP contribution is 2.30. The Bertz CT molecular complexity index is 1330. The number of amides is 1. The van der Waals surface area contributed by atoms with E-state index in [-0.39, 0.29) is 23.6 Å². The molecule has 45 heavy (non-hydrogen) atoms. The normalized spacial score (nSPS) is 20.8. The van der Waals surface area contributed by atoms with E-state index in [1.54, 1.807) is 26.0 Å². The zero-order chi connectivity index (χ0) is 32.9. The highest BCUT2D eigenvalue weighted by Gasteiger charge is 2.42. The predicted molar refractivity (Wildman–Crippen MR) is 155 cm³/mol. The van der Waals surface area contributed by atoms with Gasteiger partial charge in [0.05, 0.1) is 26.2 Å². The van der Waals surface area contributed by atoms with E-state index in [2.05, 4.69) is 15.0 Å². The molecule has 4 unspecified atom stereocenters. The molecule has 4 rings (SSSR count). The molecule has 2 aliphatic rings. The molecule has 244 valence electrons. The van der Waals surface area contributed by atoms with E-state index in [1.165, 1.54) is 33.2 Å². The number of carbonyl (C=O) groups excluding carboxylic acids is 5. The third kappa shape index (κ3) is 10.7. The number of ether oxygens (including phenoxy) is 7. The van der Waals surface area contributed by atoms with Crippen molar-refractivity contribution in [3.63, 3.8) is 0 Å². The number of epoxide rings is 1. The number of methoxy groups -OCH3 is 1. The lowest BCUT2D eigenvalue weighted by atomic mass is 9.91. The van der Waals surface area contributed by atoms with Crippen LogP contribution in [0, 0.1) is 11.8 Å². The summed E-state index contributed by atoms with van der Waals surface area (Å²) in [5.41, 5.74) is 0.484. The van der Waals surface area contributed by atoms with E-state index in [9.17, 15) is 24.0 Å². The number of hydrogen-bond acceptors (Lipinski definition) is 13. The van der Waals surface area contributed by atoms with Gasteiger partial charge in [0.15, 0.2) is 29.3 Å². The van der Waals surface area contributed by atoms with E-state index in [0.29, 0.717) is 0 Å². The molecule has 1 aromatic carbocycles. The van der Waals surface area contributed by atoms with Crippen LogP contribution in [0.2, 0.25) is 0 Å². The van der Waals surface area contributed by atoms with Crippen LogP contribution in [0.25, 0.3) is 0 Å². The molecule has 0 saturated carbocycles. The number of esters is 4. The van der Waals surface area contributed by atoms with Crippen molar-refractivity contribution in [2.75, 3.05) is 33.7 Å². The summed E-state index contributed by atoms with van der Waals surface area (Å²) in [5, 5.41) is 2.45. The monoisotopic (exact) mass is 630 g/mol. The van der Waals surface area contributed by atoms with Crippen molar-refractivity contribution in [2.45, 2.75) is 52.4 Å². The highest BCUT2D eigenvalue weighted by molar-refractivity contribution is 5.98. The predicted octanol–water partition coefficient (Wildman–Crippen LogP) is 2.02. The van der Waals surface area contributed by atoms with Crippen LogP contribution in [0.3, 0.4) is 0 Å². The largest absolute Gasteiger partial charge is 0.493 e. The third-order valence-electron chi connectivity index (χ3n) is 6.44. The van der Waals surface area contributed by atoms with Crippen molar-refractivity contribution in [1.29, 1.82) is 0 Å². The van der Waals surface area contributed by atoms with Gasteiger partial charge in [-0.25, -0.2) is 9.78 Å². The Balaban J connectivity index is 0.00000173. The standard InChI is InChI=1S/C29H34N2O11.C2H4O/c1-16(2)27(34)42-24-17(3)41-29(36)21(14-38-28(35)20(24)13-19-9-7-6-8-10-19)31-26(33)23-25(40-15-39-18(4)32)22(37-5)11-12-30-23;1-2-3-1/h6-12,16-17,20-21,24H,13-15H2,1-5H3,(H,31,33);1-2H2. The molecular formula is C31H38N2O12. The Morgan fingerprint density at radius 3 is 2.36 bits per heavy atom. The summed E-state index contributed by atoms with van der Waals surface area (Å²) in [6.07, 6.45) is -0.813. The topological polar surface area (TPSA) is 178 Å². The maximum Gasteiger partial charge on any atom is 0.332 e. The summed E-state index contributed by atoms with van der Waals surface area (Å²) < 4.78 is 36.6. The first-order valence-electron chi connectivity index (χ1n) is 14.3. The Labute approximate surface area is 260 Å². The summed E-state index contributed by atoms with van der Waals surface area (Å²) in [4.78, 5) is 67.5. The van der Waals surface area contributed by atoms with Crippen molar-refractivity contribution < 1.29 is 57.1 Å². The third-order valence-corrected chi connectivity index (χ3v) is 6.44. The van der Waals surface area contributed by atoms with E-state index >= 15 is 0 Å². The summed E-state index contributed by atoms with van der Waals surface area (Å²) in [6.45, 7) is 6.86. The first kappa shape index (κ1) is 34.8. The van der Waals surface area contributed by atoms with Crippen molar-refractivity contribution in [1.82, 2.24) is 10.3 Å². The lowest BCUT2D eigenvalue weighted by Gasteiger charge is -2.29. The molecule has 4 atom stereocenters. The second-order valence-corrected chi connectivity index (χ2v) is 10.4.